The van der Waals surface area contributed by atoms with Gasteiger partial charge in [-0.3, -0.25) is 4.79 Å². The van der Waals surface area contributed by atoms with E-state index in [9.17, 15) is 50.8 Å². The summed E-state index contributed by atoms with van der Waals surface area (Å²) in [6, 6.07) is 7.09. The van der Waals surface area contributed by atoms with Crippen LogP contribution in [-0.2, 0) is 14.2 Å². The Labute approximate surface area is 236 Å². The summed E-state index contributed by atoms with van der Waals surface area (Å²) < 4.78 is 27.8. The Morgan fingerprint density at radius 2 is 1.43 bits per heavy atom. The van der Waals surface area contributed by atoms with Crippen molar-refractivity contribution in [3.63, 3.8) is 0 Å². The van der Waals surface area contributed by atoms with Gasteiger partial charge >= 0.3 is 0 Å². The number of phenolic OH excluding ortho intramolecular Hbond substituents is 3. The van der Waals surface area contributed by atoms with E-state index in [1.54, 1.807) is 0 Å². The third kappa shape index (κ3) is 5.61. The van der Waals surface area contributed by atoms with Gasteiger partial charge in [-0.05, 0) is 25.1 Å². The molecule has 42 heavy (non-hydrogen) atoms. The fraction of sp³-hybridized carbons (Fsp3) is 0.444. The highest BCUT2D eigenvalue weighted by molar-refractivity contribution is 5.86. The number of aliphatic hydroxyl groups excluding tert-OH is 6. The summed E-state index contributed by atoms with van der Waals surface area (Å²) in [5, 5.41) is 91.0. The van der Waals surface area contributed by atoms with Gasteiger partial charge in [0.15, 0.2) is 23.2 Å². The molecule has 228 valence electrons. The summed E-state index contributed by atoms with van der Waals surface area (Å²) in [5.74, 6) is -1.56. The Morgan fingerprint density at radius 3 is 2.14 bits per heavy atom. The Balaban J connectivity index is 1.36. The fourth-order valence-electron chi connectivity index (χ4n) is 4.76. The Hall–Kier alpha value is -3.51. The van der Waals surface area contributed by atoms with Gasteiger partial charge in [-0.1, -0.05) is 0 Å². The number of ether oxygens (including phenoxy) is 4. The monoisotopic (exact) mass is 594 g/mol. The van der Waals surface area contributed by atoms with Crippen molar-refractivity contribution in [2.75, 3.05) is 6.61 Å². The molecule has 0 saturated carbocycles. The van der Waals surface area contributed by atoms with Crippen molar-refractivity contribution in [1.29, 1.82) is 0 Å². The van der Waals surface area contributed by atoms with Gasteiger partial charge in [0.25, 0.3) is 0 Å². The van der Waals surface area contributed by atoms with Crippen molar-refractivity contribution in [2.45, 2.75) is 68.3 Å². The van der Waals surface area contributed by atoms with Gasteiger partial charge in [-0.25, -0.2) is 0 Å². The minimum atomic E-state index is -1.79. The largest absolute Gasteiger partial charge is 0.507 e. The molecule has 2 aliphatic rings. The minimum Gasteiger partial charge on any atom is -0.507 e. The zero-order valence-electron chi connectivity index (χ0n) is 21.9. The van der Waals surface area contributed by atoms with Gasteiger partial charge in [0.2, 0.25) is 6.29 Å². The van der Waals surface area contributed by atoms with Gasteiger partial charge in [-0.15, -0.1) is 0 Å². The third-order valence-corrected chi connectivity index (χ3v) is 7.20. The van der Waals surface area contributed by atoms with Crippen LogP contribution in [0.1, 0.15) is 6.92 Å². The SMILES string of the molecule is C[C@H]1O[C@@H](OC[C@@H]2O[C@@H](Oc3cc(O)c4c(=O)cc(-c5ccc(O)c(O)c5)oc4c3)[C@H](O)[C@@H](O)[C@@H]2O)[C@H](O)[C@H](O)[C@H]1O. The van der Waals surface area contributed by atoms with Gasteiger partial charge in [0.05, 0.1) is 12.7 Å². The number of phenols is 3. The molecule has 2 saturated heterocycles. The molecule has 15 heteroatoms. The first-order valence-electron chi connectivity index (χ1n) is 12.9. The zero-order chi connectivity index (χ0) is 30.5. The van der Waals surface area contributed by atoms with E-state index < -0.39 is 84.9 Å². The summed E-state index contributed by atoms with van der Waals surface area (Å²) in [6.07, 6.45) is -15.1. The molecular weight excluding hydrogens is 564 g/mol. The minimum absolute atomic E-state index is 0.0110. The van der Waals surface area contributed by atoms with Crippen LogP contribution in [0.5, 0.6) is 23.0 Å². The molecule has 15 nitrogen and oxygen atoms in total. The normalized spacial score (nSPS) is 33.5. The smallest absolute Gasteiger partial charge is 0.229 e. The van der Waals surface area contributed by atoms with E-state index in [2.05, 4.69) is 0 Å². The van der Waals surface area contributed by atoms with E-state index in [1.165, 1.54) is 31.2 Å². The first-order chi connectivity index (χ1) is 19.8. The summed E-state index contributed by atoms with van der Waals surface area (Å²) >= 11 is 0. The summed E-state index contributed by atoms with van der Waals surface area (Å²) in [6.45, 7) is 0.938. The first kappa shape index (κ1) is 30.0. The molecule has 2 aromatic carbocycles. The lowest BCUT2D eigenvalue weighted by Crippen LogP contribution is -2.61. The number of rotatable bonds is 6. The molecule has 5 rings (SSSR count). The molecule has 0 bridgehead atoms. The quantitative estimate of drug-likeness (QED) is 0.149. The zero-order valence-corrected chi connectivity index (χ0v) is 21.9. The predicted molar refractivity (Wildman–Crippen MR) is 139 cm³/mol. The molecule has 0 radical (unpaired) electrons. The number of fused-ring (bicyclic) bond motifs is 1. The predicted octanol–water partition coefficient (Wildman–Crippen LogP) is -1.39. The van der Waals surface area contributed by atoms with Crippen molar-refractivity contribution in [2.24, 2.45) is 0 Å². The molecule has 9 N–H and O–H groups in total. The van der Waals surface area contributed by atoms with Crippen LogP contribution in [0.3, 0.4) is 0 Å². The van der Waals surface area contributed by atoms with E-state index in [0.717, 1.165) is 12.1 Å². The van der Waals surface area contributed by atoms with Crippen LogP contribution < -0.4 is 10.2 Å². The summed E-state index contributed by atoms with van der Waals surface area (Å²) in [5.41, 5.74) is -0.541. The van der Waals surface area contributed by atoms with E-state index in [-0.39, 0.29) is 33.8 Å². The third-order valence-electron chi connectivity index (χ3n) is 7.20. The number of aliphatic hydroxyl groups is 6. The highest BCUT2D eigenvalue weighted by atomic mass is 16.7. The molecule has 3 aromatic rings. The maximum absolute atomic E-state index is 12.7. The molecule has 0 amide bonds. The summed E-state index contributed by atoms with van der Waals surface area (Å²) in [4.78, 5) is 12.7. The Morgan fingerprint density at radius 1 is 0.738 bits per heavy atom. The second kappa shape index (κ2) is 11.6. The molecular formula is C27H30O15. The Kier molecular flexibility index (Phi) is 8.30. The number of hydrogen-bond acceptors (Lipinski definition) is 15. The maximum atomic E-state index is 12.7. The highest BCUT2D eigenvalue weighted by Crippen LogP contribution is 2.35. The lowest BCUT2D eigenvalue weighted by atomic mass is 9.98. The average molecular weight is 595 g/mol. The molecule has 2 aliphatic heterocycles. The second-order valence-electron chi connectivity index (χ2n) is 10.1. The fourth-order valence-corrected chi connectivity index (χ4v) is 4.76. The average Bonchev–Trinajstić information content (AvgIpc) is 2.95. The number of benzene rings is 2. The van der Waals surface area contributed by atoms with E-state index >= 15 is 0 Å². The standard InChI is InChI=1S/C27H30O15/c1-9-20(32)22(34)24(36)26(39-9)38-8-18-21(33)23(35)25(37)27(42-18)40-11-5-14(30)19-15(31)7-16(41-17(19)6-11)10-2-3-12(28)13(29)4-10/h2-7,9,18,20-30,32-37H,8H2,1H3/t9-,18+,20+,21-,22-,23+,24-,25-,26-,27-/m1/s1. The van der Waals surface area contributed by atoms with Gasteiger partial charge in [-0.2, -0.15) is 0 Å². The van der Waals surface area contributed by atoms with Crippen LogP contribution in [0, 0.1) is 0 Å². The van der Waals surface area contributed by atoms with Crippen LogP contribution in [0.2, 0.25) is 0 Å². The van der Waals surface area contributed by atoms with Crippen LogP contribution in [0.4, 0.5) is 0 Å². The van der Waals surface area contributed by atoms with Gasteiger partial charge in [0, 0.05) is 23.8 Å². The Bertz CT molecular complexity index is 1490. The highest BCUT2D eigenvalue weighted by Gasteiger charge is 2.47. The number of hydrogen-bond donors (Lipinski definition) is 9. The van der Waals surface area contributed by atoms with E-state index in [1.807, 2.05) is 0 Å². The number of aromatic hydroxyl groups is 3. The van der Waals surface area contributed by atoms with Crippen molar-refractivity contribution < 1.29 is 69.3 Å². The van der Waals surface area contributed by atoms with Crippen LogP contribution in [-0.4, -0.2) is 114 Å². The molecule has 0 spiro atoms. The lowest BCUT2D eigenvalue weighted by Gasteiger charge is -2.42. The van der Waals surface area contributed by atoms with Gasteiger partial charge in [0.1, 0.15) is 71.0 Å². The molecule has 0 unspecified atom stereocenters. The molecule has 2 fully saturated rings. The van der Waals surface area contributed by atoms with E-state index in [0.29, 0.717) is 0 Å². The summed E-state index contributed by atoms with van der Waals surface area (Å²) in [7, 11) is 0. The van der Waals surface area contributed by atoms with Crippen LogP contribution in [0.25, 0.3) is 22.3 Å². The van der Waals surface area contributed by atoms with Gasteiger partial charge < -0.3 is 69.3 Å². The molecule has 1 aromatic heterocycles. The lowest BCUT2D eigenvalue weighted by molar-refractivity contribution is -0.318. The molecule has 3 heterocycles. The molecule has 0 aliphatic carbocycles. The van der Waals surface area contributed by atoms with Crippen LogP contribution >= 0.6 is 0 Å². The van der Waals surface area contributed by atoms with Crippen molar-refractivity contribution in [1.82, 2.24) is 0 Å². The van der Waals surface area contributed by atoms with E-state index in [4.69, 9.17) is 23.4 Å². The first-order valence-corrected chi connectivity index (χ1v) is 12.9. The maximum Gasteiger partial charge on any atom is 0.229 e. The van der Waals surface area contributed by atoms with Crippen molar-refractivity contribution >= 4 is 11.0 Å². The second-order valence-corrected chi connectivity index (χ2v) is 10.1. The van der Waals surface area contributed by atoms with Crippen molar-refractivity contribution in [3.8, 4) is 34.3 Å². The van der Waals surface area contributed by atoms with Crippen molar-refractivity contribution in [3.05, 3.63) is 46.6 Å². The van der Waals surface area contributed by atoms with Crippen LogP contribution in [0.15, 0.2) is 45.6 Å². The molecule has 10 atom stereocenters. The topological polar surface area (TPSA) is 249 Å².